The molecule has 2 amide bonds. The fraction of sp³-hybridized carbons (Fsp3) is 0.213. The number of aromatic nitrogens is 10. The first kappa shape index (κ1) is 67.6. The molecule has 3 saturated heterocycles. The molecule has 4 atom stereocenters. The lowest BCUT2D eigenvalue weighted by atomic mass is 9.95. The Morgan fingerprint density at radius 1 is 0.535 bits per heavy atom. The molecular weight excluding hydrogens is 1300 g/mol. The van der Waals surface area contributed by atoms with Gasteiger partial charge in [0.05, 0.1) is 52.5 Å². The van der Waals surface area contributed by atoms with Crippen molar-refractivity contribution in [3.8, 4) is 57.0 Å². The number of sulfonamides is 1. The number of hydrogen-bond acceptors (Lipinski definition) is 20. The van der Waals surface area contributed by atoms with Gasteiger partial charge in [-0.3, -0.25) is 14.6 Å². The van der Waals surface area contributed by atoms with E-state index in [1.165, 1.54) is 23.3 Å². The molecule has 0 bridgehead atoms. The molecule has 9 heterocycles. The maximum Gasteiger partial charge on any atom is 0.246 e. The summed E-state index contributed by atoms with van der Waals surface area (Å²) in [6.07, 6.45) is 13.2. The number of likely N-dealkylation sites (tertiary alicyclic amines) is 2. The van der Waals surface area contributed by atoms with Gasteiger partial charge in [-0.1, -0.05) is 73.3 Å². The second kappa shape index (κ2) is 30.4. The number of rotatable bonds is 18. The van der Waals surface area contributed by atoms with Crippen molar-refractivity contribution >= 4 is 67.1 Å². The van der Waals surface area contributed by atoms with Gasteiger partial charge in [0, 0.05) is 80.5 Å². The van der Waals surface area contributed by atoms with Crippen LogP contribution in [0.3, 0.4) is 0 Å². The number of anilines is 3. The zero-order chi connectivity index (χ0) is 70.0. The van der Waals surface area contributed by atoms with Gasteiger partial charge in [-0.25, -0.2) is 47.7 Å². The van der Waals surface area contributed by atoms with Crippen LogP contribution in [0, 0.1) is 5.92 Å². The Kier molecular flexibility index (Phi) is 20.3. The summed E-state index contributed by atoms with van der Waals surface area (Å²) in [6.45, 7) is 8.91. The van der Waals surface area contributed by atoms with Crippen molar-refractivity contribution in [2.24, 2.45) is 10.9 Å². The Hall–Kier alpha value is -12.0. The van der Waals surface area contributed by atoms with Gasteiger partial charge < -0.3 is 45.9 Å². The zero-order valence-corrected chi connectivity index (χ0v) is 56.3. The first-order valence-electron chi connectivity index (χ1n) is 32.9. The number of methoxy groups -OCH3 is 1. The summed E-state index contributed by atoms with van der Waals surface area (Å²) in [5.41, 5.74) is 26.4. The lowest BCUT2D eigenvalue weighted by molar-refractivity contribution is -0.125. The molecule has 4 unspecified atom stereocenters. The van der Waals surface area contributed by atoms with E-state index in [9.17, 15) is 18.0 Å². The second-order valence-electron chi connectivity index (χ2n) is 24.2. The van der Waals surface area contributed by atoms with Gasteiger partial charge >= 0.3 is 0 Å². The van der Waals surface area contributed by atoms with Crippen molar-refractivity contribution in [2.75, 3.05) is 70.2 Å². The molecule has 512 valence electrons. The van der Waals surface area contributed by atoms with Crippen molar-refractivity contribution in [3.05, 3.63) is 236 Å². The summed E-state index contributed by atoms with van der Waals surface area (Å²) >= 11 is 0. The summed E-state index contributed by atoms with van der Waals surface area (Å²) in [6, 6.07) is 51.5. The van der Waals surface area contributed by atoms with Gasteiger partial charge in [0.1, 0.15) is 82.3 Å². The quantitative estimate of drug-likeness (QED) is 0.0672. The predicted molar refractivity (Wildman–Crippen MR) is 386 cm³/mol. The van der Waals surface area contributed by atoms with Gasteiger partial charge in [-0.2, -0.15) is 14.5 Å². The molecule has 15 rings (SSSR count). The maximum absolute atomic E-state index is 12.5. The van der Waals surface area contributed by atoms with E-state index in [-0.39, 0.29) is 35.9 Å². The summed E-state index contributed by atoms with van der Waals surface area (Å²) in [7, 11) is -1.89. The monoisotopic (exact) mass is 1370 g/mol. The number of carbonyl (C=O) groups is 2. The van der Waals surface area contributed by atoms with Crippen molar-refractivity contribution in [1.82, 2.24) is 63.6 Å². The number of aliphatic imine (C=N–C) groups is 1. The van der Waals surface area contributed by atoms with Gasteiger partial charge in [0.15, 0.2) is 11.3 Å². The minimum Gasteiger partial charge on any atom is -0.457 e. The molecule has 101 heavy (non-hydrogen) atoms. The summed E-state index contributed by atoms with van der Waals surface area (Å²) in [5, 5.41) is 12.0. The van der Waals surface area contributed by atoms with E-state index >= 15 is 0 Å². The maximum atomic E-state index is 12.5. The van der Waals surface area contributed by atoms with E-state index in [1.807, 2.05) is 185 Å². The molecule has 4 aliphatic rings. The zero-order valence-electron chi connectivity index (χ0n) is 55.5. The van der Waals surface area contributed by atoms with E-state index in [1.54, 1.807) is 36.1 Å². The van der Waals surface area contributed by atoms with Crippen LogP contribution in [0.4, 0.5) is 17.5 Å². The third kappa shape index (κ3) is 15.0. The topological polar surface area (TPSA) is 318 Å². The molecule has 6 aromatic carbocycles. The summed E-state index contributed by atoms with van der Waals surface area (Å²) in [5.74, 6) is 5.72. The molecule has 0 saturated carbocycles. The van der Waals surface area contributed by atoms with Crippen LogP contribution in [-0.2, 0) is 24.3 Å². The number of ether oxygens (including phenoxy) is 4. The number of hydrogen-bond donors (Lipinski definition) is 3. The van der Waals surface area contributed by atoms with Crippen LogP contribution in [0.2, 0.25) is 0 Å². The Morgan fingerprint density at radius 2 is 0.980 bits per heavy atom. The van der Waals surface area contributed by atoms with E-state index in [0.717, 1.165) is 80.7 Å². The van der Waals surface area contributed by atoms with Gasteiger partial charge in [-0.15, -0.1) is 0 Å². The van der Waals surface area contributed by atoms with Crippen LogP contribution in [-0.4, -0.2) is 142 Å². The van der Waals surface area contributed by atoms with E-state index in [4.69, 9.17) is 51.3 Å². The fourth-order valence-electron chi connectivity index (χ4n) is 12.7. The smallest absolute Gasteiger partial charge is 0.246 e. The van der Waals surface area contributed by atoms with Crippen molar-refractivity contribution in [2.45, 2.75) is 44.3 Å². The van der Waals surface area contributed by atoms with Gasteiger partial charge in [0.2, 0.25) is 21.8 Å². The van der Waals surface area contributed by atoms with E-state index in [2.05, 4.69) is 36.5 Å². The first-order chi connectivity index (χ1) is 49.2. The van der Waals surface area contributed by atoms with Crippen LogP contribution >= 0.6 is 0 Å². The molecule has 0 spiro atoms. The normalized spacial score (nSPS) is 17.3. The molecule has 11 aromatic rings. The Morgan fingerprint density at radius 3 is 1.49 bits per heavy atom. The second-order valence-corrected chi connectivity index (χ2v) is 26.1. The number of allylic oxidation sites excluding steroid dienone is 1. The molecular formula is C75H73N17O8S. The molecule has 5 aromatic heterocycles. The lowest BCUT2D eigenvalue weighted by Gasteiger charge is -2.18. The summed E-state index contributed by atoms with van der Waals surface area (Å²) < 4.78 is 52.2. The third-order valence-corrected chi connectivity index (χ3v) is 19.2. The molecule has 0 radical (unpaired) electrons. The number of fused-ring (bicyclic) bond motifs is 3. The van der Waals surface area contributed by atoms with Crippen LogP contribution in [0.25, 0.3) is 44.6 Å². The molecule has 26 heteroatoms. The van der Waals surface area contributed by atoms with Gasteiger partial charge in [0.25, 0.3) is 0 Å². The van der Waals surface area contributed by atoms with Crippen molar-refractivity contribution in [1.29, 1.82) is 0 Å². The number of benzene rings is 6. The highest BCUT2D eigenvalue weighted by Gasteiger charge is 2.40. The average Bonchev–Trinajstić information content (AvgIpc) is 1.62. The Balaban J connectivity index is 0.000000136. The van der Waals surface area contributed by atoms with E-state index < -0.39 is 10.0 Å². The van der Waals surface area contributed by atoms with Crippen LogP contribution in [0.15, 0.2) is 224 Å². The number of para-hydroxylation sites is 3. The minimum absolute atomic E-state index is 0.0109. The highest BCUT2D eigenvalue weighted by Crippen LogP contribution is 2.43. The third-order valence-electron chi connectivity index (χ3n) is 17.7. The predicted octanol–water partition coefficient (Wildman–Crippen LogP) is 11.6. The standard InChI is InChI=1S/C27H27N5O3.C25H24N6O2.C23H22N6O3S/c1-34-15-5-8-22(33)32-14-13-19(16-32)25-26-23(27(28)30-17-29-26)24(31-25)18-9-11-21(12-10-18)35-20-6-3-2-4-7-20;1-2-6-21(32)30-14-13-18(15-30)31-25-22(24(26)27-16-28-25)23(29-31)17-9-11-20(12-10-17)33-19-7-4-3-5-8-19;1-2-33(30,31)28-13-12-17(14-28)29-23-20(22(24)25-15-26-23)21(27-29)16-8-10-19(11-9-16)32-18-6-4-3-5-7-18/h2-12,17,19,25H,13-16H2,1H3,(H2,28,29,30);2-12,16,18H,13-15H2,1H3,(H2,26,27,28);2-11,15,17H,1,12-14H2,(H2,24,25,26)/b8-5+;6-2+;. The largest absolute Gasteiger partial charge is 0.457 e. The highest BCUT2D eigenvalue weighted by molar-refractivity contribution is 7.92. The van der Waals surface area contributed by atoms with Crippen LogP contribution < -0.4 is 31.4 Å². The molecule has 4 aliphatic heterocycles. The summed E-state index contributed by atoms with van der Waals surface area (Å²) in [4.78, 5) is 59.6. The first-order valence-corrected chi connectivity index (χ1v) is 34.4. The number of carbonyl (C=O) groups excluding carboxylic acids is 2. The minimum atomic E-state index is -3.49. The molecule has 25 nitrogen and oxygen atoms in total. The van der Waals surface area contributed by atoms with E-state index in [0.29, 0.717) is 109 Å². The average molecular weight is 1370 g/mol. The number of nitrogens with two attached hydrogens (primary N) is 3. The van der Waals surface area contributed by atoms with Crippen LogP contribution in [0.1, 0.15) is 61.1 Å². The molecule has 3 fully saturated rings. The molecule has 6 N–H and O–H groups in total. The Labute approximate surface area is 583 Å². The fourth-order valence-corrected chi connectivity index (χ4v) is 13.7. The molecule has 0 aliphatic carbocycles. The van der Waals surface area contributed by atoms with Crippen molar-refractivity contribution < 1.29 is 37.0 Å². The highest BCUT2D eigenvalue weighted by atomic mass is 32.2. The number of amides is 2. The van der Waals surface area contributed by atoms with Crippen LogP contribution in [0.5, 0.6) is 34.5 Å². The van der Waals surface area contributed by atoms with Crippen molar-refractivity contribution in [3.63, 3.8) is 0 Å². The number of nitrogens with zero attached hydrogens (tertiary/aromatic N) is 14. The Bertz CT molecular complexity index is 4980. The van der Waals surface area contributed by atoms with Gasteiger partial charge in [-0.05, 0) is 141 Å². The number of nitrogen functional groups attached to an aromatic ring is 3. The SMILES string of the molecule is C/C=C/C(=O)N1CCC(n2nc(-c3ccc(Oc4ccccc4)cc3)c3c(N)ncnc32)C1.C=CS(=O)(=O)N1CCC(n2nc(-c3ccc(Oc4ccccc4)cc3)c3c(N)ncnc32)C1.COC/C=C/C(=O)N1CCC(C2N=C(c3ccc(Oc4ccccc4)cc3)c3c(N)ncnc32)C1. The lowest BCUT2D eigenvalue weighted by Crippen LogP contribution is -2.27.